The lowest BCUT2D eigenvalue weighted by molar-refractivity contribution is -0.123. The van der Waals surface area contributed by atoms with Gasteiger partial charge in [0.05, 0.1) is 95.1 Å². The van der Waals surface area contributed by atoms with Gasteiger partial charge in [0.25, 0.3) is 0 Å². The molecule has 4 N–H and O–H groups in total. The molecule has 4 fully saturated rings. The first-order chi connectivity index (χ1) is 56.5. The highest BCUT2D eigenvalue weighted by Crippen LogP contribution is 2.52. The molecular formula is C96H72N8O12. The van der Waals surface area contributed by atoms with Crippen molar-refractivity contribution in [2.24, 2.45) is 0 Å². The van der Waals surface area contributed by atoms with Gasteiger partial charge in [0, 0.05) is 140 Å². The van der Waals surface area contributed by atoms with E-state index in [-0.39, 0.29) is 95.6 Å². The Bertz CT molecular complexity index is 6270. The number of Topliss-reactive ketones (excluding diaryl/α,β-unsaturated/α-hetero) is 8. The van der Waals surface area contributed by atoms with E-state index in [1.807, 2.05) is 195 Å². The van der Waals surface area contributed by atoms with Gasteiger partial charge in [-0.15, -0.1) is 0 Å². The average Bonchev–Trinajstić information content (AvgIpc) is 1.59. The Morgan fingerprint density at radius 1 is 0.207 bits per heavy atom. The van der Waals surface area contributed by atoms with E-state index in [1.54, 1.807) is 43.1 Å². The molecule has 8 atom stereocenters. The second-order valence-electron chi connectivity index (χ2n) is 32.1. The predicted molar refractivity (Wildman–Crippen MR) is 437 cm³/mol. The van der Waals surface area contributed by atoms with Crippen molar-refractivity contribution < 1.29 is 57.5 Å². The van der Waals surface area contributed by atoms with Crippen molar-refractivity contribution in [1.82, 2.24) is 38.2 Å². The number of ketones is 8. The molecule has 568 valence electrons. The fraction of sp³-hybridized carbons (Fsp3) is 0.208. The fourth-order valence-corrected chi connectivity index (χ4v) is 20.8. The van der Waals surface area contributed by atoms with E-state index in [2.05, 4.69) is 19.9 Å². The molecule has 0 spiro atoms. The van der Waals surface area contributed by atoms with Crippen LogP contribution < -0.4 is 0 Å². The quantitative estimate of drug-likeness (QED) is 0.103. The minimum atomic E-state index is -0.563. The number of para-hydroxylation sites is 8. The SMILES string of the molecule is O=C1CC(=O)[C@@H](c2cn3c4c(cccc24)CCC3=O)[C@@H]1c1c[nH]c2ccccc12.O=C1CC(=O)[C@@H](c2cn3c4c(cccc24)CCC3=O)[C@@H]1c1c[nH]c2ccccc12.O=C1CC(=O)[C@H](c2cn3c4c(cccc24)CCC3=O)[C@H]1c1c[nH]c2ccccc12.O=C1CC(=O)[C@H](c2cn3c4c(cccc24)CCC3=O)[C@H]1c1c[nH]c2ccccc12. The lowest BCUT2D eigenvalue weighted by atomic mass is 9.83. The van der Waals surface area contributed by atoms with Crippen molar-refractivity contribution >= 4 is 157 Å². The van der Waals surface area contributed by atoms with Gasteiger partial charge in [0.1, 0.15) is 46.3 Å². The number of benzene rings is 8. The summed E-state index contributed by atoms with van der Waals surface area (Å²) >= 11 is 0. The lowest BCUT2D eigenvalue weighted by Crippen LogP contribution is -2.16. The van der Waals surface area contributed by atoms with E-state index in [1.165, 1.54) is 0 Å². The highest BCUT2D eigenvalue weighted by atomic mass is 16.2. The van der Waals surface area contributed by atoms with Gasteiger partial charge in [0.2, 0.25) is 23.6 Å². The minimum absolute atomic E-state index is 0.0420. The monoisotopic (exact) mass is 1530 g/mol. The molecule has 12 heterocycles. The molecule has 8 aromatic heterocycles. The van der Waals surface area contributed by atoms with Gasteiger partial charge in [-0.05, 0) is 117 Å². The summed E-state index contributed by atoms with van der Waals surface area (Å²) < 4.78 is 6.75. The number of carbonyl (C=O) groups is 12. The molecule has 4 aliphatic heterocycles. The third-order valence-electron chi connectivity index (χ3n) is 25.9. The van der Waals surface area contributed by atoms with Crippen LogP contribution in [0.3, 0.4) is 0 Å². The van der Waals surface area contributed by atoms with Crippen molar-refractivity contribution in [3.05, 3.63) is 286 Å². The number of fused-ring (bicyclic) bond motifs is 4. The molecule has 4 aliphatic carbocycles. The van der Waals surface area contributed by atoms with Crippen LogP contribution in [0.5, 0.6) is 0 Å². The van der Waals surface area contributed by atoms with Gasteiger partial charge >= 0.3 is 0 Å². The van der Waals surface area contributed by atoms with Crippen molar-refractivity contribution in [3.63, 3.8) is 0 Å². The second kappa shape index (κ2) is 26.9. The number of aromatic amines is 4. The molecule has 0 bridgehead atoms. The standard InChI is InChI=1S/4C24H18N2O3/c4*27-19-10-20(28)23(22(19)16-11-25-18-7-2-1-5-14(16)18)17-12-26-21(29)9-8-13-4-3-6-15(17)24(13)26/h4*1-7,11-12,22-23,25H,8-10H2/t4*22-,23-/m1100/s1. The summed E-state index contributed by atoms with van der Waals surface area (Å²) in [5, 5.41) is 7.51. The van der Waals surface area contributed by atoms with Crippen molar-refractivity contribution in [1.29, 1.82) is 0 Å². The number of rotatable bonds is 8. The summed E-state index contributed by atoms with van der Waals surface area (Å²) in [6, 6.07) is 55.2. The Morgan fingerprint density at radius 2 is 0.397 bits per heavy atom. The summed E-state index contributed by atoms with van der Waals surface area (Å²) in [6.07, 6.45) is 19.1. The van der Waals surface area contributed by atoms with Crippen LogP contribution in [0, 0.1) is 0 Å². The third-order valence-corrected chi connectivity index (χ3v) is 25.9. The van der Waals surface area contributed by atoms with Crippen molar-refractivity contribution in [2.45, 2.75) is 124 Å². The highest BCUT2D eigenvalue weighted by molar-refractivity contribution is 6.20. The molecule has 4 saturated carbocycles. The van der Waals surface area contributed by atoms with Crippen LogP contribution in [0.1, 0.15) is 185 Å². The second-order valence-corrected chi connectivity index (χ2v) is 32.1. The molecule has 24 rings (SSSR count). The Kier molecular flexibility index (Phi) is 16.2. The number of aromatic nitrogens is 8. The molecule has 8 aromatic carbocycles. The zero-order valence-corrected chi connectivity index (χ0v) is 62.6. The van der Waals surface area contributed by atoms with Gasteiger partial charge in [-0.25, -0.2) is 0 Å². The van der Waals surface area contributed by atoms with E-state index < -0.39 is 47.3 Å². The van der Waals surface area contributed by atoms with Crippen LogP contribution in [-0.4, -0.2) is 108 Å². The third kappa shape index (κ3) is 10.8. The summed E-state index contributed by atoms with van der Waals surface area (Å²) in [4.78, 5) is 167. The first-order valence-electron chi connectivity index (χ1n) is 39.6. The molecular weight excluding hydrogens is 1460 g/mol. The molecule has 0 radical (unpaired) electrons. The Hall–Kier alpha value is -13.9. The zero-order valence-electron chi connectivity index (χ0n) is 62.6. The summed E-state index contributed by atoms with van der Waals surface area (Å²) in [5.74, 6) is -4.69. The number of hydrogen-bond donors (Lipinski definition) is 4. The molecule has 0 unspecified atom stereocenters. The maximum Gasteiger partial charge on any atom is 0.231 e. The number of hydrogen-bond acceptors (Lipinski definition) is 12. The van der Waals surface area contributed by atoms with Gasteiger partial charge in [-0.2, -0.15) is 0 Å². The molecule has 116 heavy (non-hydrogen) atoms. The summed E-state index contributed by atoms with van der Waals surface area (Å²) in [7, 11) is 0. The van der Waals surface area contributed by atoms with Crippen LogP contribution in [0.15, 0.2) is 219 Å². The number of carbonyl (C=O) groups excluding carboxylic acids is 12. The van der Waals surface area contributed by atoms with Crippen molar-refractivity contribution in [2.75, 3.05) is 0 Å². The highest BCUT2D eigenvalue weighted by Gasteiger charge is 2.50. The van der Waals surface area contributed by atoms with Gasteiger partial charge in [0.15, 0.2) is 0 Å². The van der Waals surface area contributed by atoms with Crippen LogP contribution in [0.4, 0.5) is 0 Å². The zero-order chi connectivity index (χ0) is 78.8. The van der Waals surface area contributed by atoms with Crippen molar-refractivity contribution in [3.8, 4) is 0 Å². The largest absolute Gasteiger partial charge is 0.361 e. The topological polar surface area (TPSA) is 288 Å². The number of H-pyrrole nitrogens is 4. The first kappa shape index (κ1) is 70.0. The first-order valence-corrected chi connectivity index (χ1v) is 39.6. The average molecular weight is 1530 g/mol. The number of nitrogens with one attached hydrogen (secondary N) is 4. The van der Waals surface area contributed by atoms with Crippen LogP contribution in [0.2, 0.25) is 0 Å². The smallest absolute Gasteiger partial charge is 0.231 e. The van der Waals surface area contributed by atoms with E-state index in [0.29, 0.717) is 51.4 Å². The number of nitrogens with zero attached hydrogens (tertiary/aromatic N) is 4. The Labute approximate surface area is 659 Å². The van der Waals surface area contributed by atoms with E-state index in [9.17, 15) is 57.5 Å². The van der Waals surface area contributed by atoms with Gasteiger partial charge in [-0.3, -0.25) is 75.8 Å². The number of aryl methyl sites for hydroxylation is 4. The maximum absolute atomic E-state index is 13.0. The van der Waals surface area contributed by atoms with Gasteiger partial charge in [-0.1, -0.05) is 146 Å². The molecule has 8 aliphatic rings. The summed E-state index contributed by atoms with van der Waals surface area (Å²) in [5.41, 5.74) is 18.5. The van der Waals surface area contributed by atoms with E-state index >= 15 is 0 Å². The van der Waals surface area contributed by atoms with Gasteiger partial charge < -0.3 is 19.9 Å². The normalized spacial score (nSPS) is 21.6. The molecule has 0 saturated heterocycles. The fourth-order valence-electron chi connectivity index (χ4n) is 20.8. The molecule has 16 aromatic rings. The maximum atomic E-state index is 13.0. The van der Waals surface area contributed by atoms with E-state index in [4.69, 9.17) is 0 Å². The Morgan fingerprint density at radius 3 is 0.612 bits per heavy atom. The van der Waals surface area contributed by atoms with Crippen LogP contribution in [-0.2, 0) is 64.0 Å². The molecule has 0 amide bonds. The van der Waals surface area contributed by atoms with Crippen LogP contribution in [0.25, 0.3) is 87.2 Å². The van der Waals surface area contributed by atoms with E-state index in [0.717, 1.165) is 154 Å². The lowest BCUT2D eigenvalue weighted by Gasteiger charge is -2.17. The minimum Gasteiger partial charge on any atom is -0.361 e. The Balaban J connectivity index is 0.0000000966. The molecule has 20 heteroatoms. The predicted octanol–water partition coefficient (Wildman–Crippen LogP) is 16.5. The van der Waals surface area contributed by atoms with Crippen LogP contribution >= 0.6 is 0 Å². The molecule has 20 nitrogen and oxygen atoms in total. The summed E-state index contributed by atoms with van der Waals surface area (Å²) in [6.45, 7) is 0.